The molecule has 0 aliphatic carbocycles. The van der Waals surface area contributed by atoms with Crippen LogP contribution >= 0.6 is 11.6 Å². The average Bonchev–Trinajstić information content (AvgIpc) is 2.97. The number of carbonyl (C=O) groups excluding carboxylic acids is 2. The minimum absolute atomic E-state index is 0.197. The molecule has 4 N–H and O–H groups in total. The van der Waals surface area contributed by atoms with Gasteiger partial charge in [0.15, 0.2) is 0 Å². The molecule has 0 saturated heterocycles. The smallest absolute Gasteiger partial charge is 0.264 e. The molecule has 11 heteroatoms. The van der Waals surface area contributed by atoms with Crippen LogP contribution in [0.3, 0.4) is 0 Å². The van der Waals surface area contributed by atoms with Gasteiger partial charge >= 0.3 is 0 Å². The first-order valence-electron chi connectivity index (χ1n) is 14.8. The fourth-order valence-electron chi connectivity index (χ4n) is 5.66. The number of halogens is 1. The summed E-state index contributed by atoms with van der Waals surface area (Å²) >= 11 is 6.28. The number of benzene rings is 2. The molecule has 0 saturated carbocycles. The third-order valence-electron chi connectivity index (χ3n) is 8.82. The predicted octanol–water partition coefficient (Wildman–Crippen LogP) is 4.74. The second kappa shape index (κ2) is 13.7. The number of allylic oxidation sites excluding steroid dienone is 1. The Bertz CT molecular complexity index is 1480. The van der Waals surface area contributed by atoms with Crippen LogP contribution in [0, 0.1) is 11.8 Å². The summed E-state index contributed by atoms with van der Waals surface area (Å²) in [5, 5.41) is 11.4. The topological polar surface area (TPSA) is 139 Å². The lowest BCUT2D eigenvalue weighted by molar-refractivity contribution is -0.122. The normalized spacial score (nSPS) is 27.5. The first-order valence-corrected chi connectivity index (χ1v) is 16.7. The second-order valence-electron chi connectivity index (χ2n) is 11.9. The number of anilines is 1. The zero-order chi connectivity index (χ0) is 31.4. The Morgan fingerprint density at radius 2 is 1.91 bits per heavy atom. The molecule has 2 aromatic rings. The minimum Gasteiger partial charge on any atom is -0.487 e. The van der Waals surface area contributed by atoms with Gasteiger partial charge in [0.2, 0.25) is 15.9 Å². The third-order valence-corrected chi connectivity index (χ3v) is 11.0. The summed E-state index contributed by atoms with van der Waals surface area (Å²) in [5.41, 5.74) is 7.02. The minimum atomic E-state index is -4.02. The van der Waals surface area contributed by atoms with Crippen molar-refractivity contribution in [2.24, 2.45) is 17.6 Å². The van der Waals surface area contributed by atoms with E-state index in [2.05, 4.69) is 9.62 Å². The molecule has 43 heavy (non-hydrogen) atoms. The molecule has 2 aliphatic rings. The van der Waals surface area contributed by atoms with Gasteiger partial charge in [-0.25, -0.2) is 13.1 Å². The molecule has 4 rings (SSSR count). The number of hydrogen-bond acceptors (Lipinski definition) is 7. The van der Waals surface area contributed by atoms with E-state index >= 15 is 0 Å². The number of sulfonamides is 1. The van der Waals surface area contributed by atoms with Crippen molar-refractivity contribution in [3.63, 3.8) is 0 Å². The number of nitrogens with one attached hydrogen (secondary N) is 1. The van der Waals surface area contributed by atoms with Crippen LogP contribution in [0.2, 0.25) is 5.02 Å². The Labute approximate surface area is 259 Å². The maximum atomic E-state index is 13.3. The summed E-state index contributed by atoms with van der Waals surface area (Å²) in [5.74, 6) is -1.52. The largest absolute Gasteiger partial charge is 0.487 e. The number of aryl methyl sites for hydroxylation is 1. The van der Waals surface area contributed by atoms with Crippen molar-refractivity contribution in [3.8, 4) is 5.75 Å². The van der Waals surface area contributed by atoms with Crippen LogP contribution in [0.4, 0.5) is 5.69 Å². The van der Waals surface area contributed by atoms with Crippen LogP contribution in [0.1, 0.15) is 74.4 Å². The average molecular weight is 632 g/mol. The zero-order valence-corrected chi connectivity index (χ0v) is 26.6. The van der Waals surface area contributed by atoms with Gasteiger partial charge in [-0.05, 0) is 92.3 Å². The van der Waals surface area contributed by atoms with E-state index in [4.69, 9.17) is 22.1 Å². The molecule has 9 nitrogen and oxygen atoms in total. The summed E-state index contributed by atoms with van der Waals surface area (Å²) < 4.78 is 34.9. The first kappa shape index (κ1) is 32.8. The lowest BCUT2D eigenvalue weighted by atomic mass is 9.82. The van der Waals surface area contributed by atoms with Crippen molar-refractivity contribution < 1.29 is 27.9 Å². The second-order valence-corrected chi connectivity index (χ2v) is 14.4. The predicted molar refractivity (Wildman–Crippen MR) is 169 cm³/mol. The summed E-state index contributed by atoms with van der Waals surface area (Å²) in [6, 6.07) is 10.7. The highest BCUT2D eigenvalue weighted by atomic mass is 35.5. The third kappa shape index (κ3) is 8.10. The summed E-state index contributed by atoms with van der Waals surface area (Å²) in [7, 11) is -4.02. The quantitative estimate of drug-likeness (QED) is 0.407. The fraction of sp³-hybridized carbons (Fsp3) is 0.500. The van der Waals surface area contributed by atoms with Gasteiger partial charge in [0.05, 0.1) is 23.0 Å². The van der Waals surface area contributed by atoms with Crippen molar-refractivity contribution in [3.05, 3.63) is 70.3 Å². The Kier molecular flexibility index (Phi) is 10.5. The number of primary amides is 1. The first-order chi connectivity index (χ1) is 20.3. The maximum Gasteiger partial charge on any atom is 0.264 e. The standard InChI is InChI=1S/C32H42ClN3O6S/c1-21-7-6-14-32(39,19-30(34)37)22(2)13-16-36-15-5-4-8-24-17-27(33)11-9-26(24)20-42-29-12-10-25(18-28(29)36)31(38)35-43(40,41)23(21)3/h6,9-12,14,17-18,21-23,39H,4-5,7-8,13,15-16,19-20H2,1-3H3,(H2,34,37)(H,35,38)/b14-6+/t21-,22+,23+,32+/m0/s1. The number of hydrogen-bond donors (Lipinski definition) is 3. The summed E-state index contributed by atoms with van der Waals surface area (Å²) in [4.78, 5) is 27.4. The molecule has 0 fully saturated rings. The number of fused-ring (bicyclic) bond motifs is 2. The number of nitrogens with zero attached hydrogens (tertiary/aromatic N) is 1. The van der Waals surface area contributed by atoms with E-state index in [1.807, 2.05) is 25.1 Å². The molecular weight excluding hydrogens is 590 g/mol. The van der Waals surface area contributed by atoms with E-state index < -0.39 is 32.7 Å². The number of nitrogens with two attached hydrogens (primary N) is 1. The van der Waals surface area contributed by atoms with E-state index in [-0.39, 0.29) is 23.8 Å². The van der Waals surface area contributed by atoms with Crippen molar-refractivity contribution in [1.82, 2.24) is 4.72 Å². The van der Waals surface area contributed by atoms with E-state index in [0.717, 1.165) is 30.4 Å². The van der Waals surface area contributed by atoms with Crippen molar-refractivity contribution in [2.45, 2.75) is 76.8 Å². The van der Waals surface area contributed by atoms with Gasteiger partial charge < -0.3 is 20.5 Å². The number of rotatable bonds is 2. The molecule has 2 heterocycles. The van der Waals surface area contributed by atoms with E-state index in [1.165, 1.54) is 0 Å². The maximum absolute atomic E-state index is 13.3. The van der Waals surface area contributed by atoms with Gasteiger partial charge in [0.25, 0.3) is 5.91 Å². The van der Waals surface area contributed by atoms with Gasteiger partial charge in [0.1, 0.15) is 12.4 Å². The van der Waals surface area contributed by atoms with Crippen molar-refractivity contribution in [1.29, 1.82) is 0 Å². The van der Waals surface area contributed by atoms with Gasteiger partial charge in [-0.3, -0.25) is 9.59 Å². The molecule has 234 valence electrons. The van der Waals surface area contributed by atoms with Gasteiger partial charge in [-0.1, -0.05) is 43.7 Å². The van der Waals surface area contributed by atoms with Crippen LogP contribution in [0.25, 0.3) is 0 Å². The molecule has 0 aromatic heterocycles. The van der Waals surface area contributed by atoms with Gasteiger partial charge in [0, 0.05) is 23.7 Å². The number of amides is 2. The molecule has 2 bridgehead atoms. The van der Waals surface area contributed by atoms with Crippen LogP contribution in [-0.2, 0) is 27.8 Å². The van der Waals surface area contributed by atoms with Crippen LogP contribution in [0.5, 0.6) is 5.75 Å². The Morgan fingerprint density at radius 1 is 1.14 bits per heavy atom. The fourth-order valence-corrected chi connectivity index (χ4v) is 7.14. The van der Waals surface area contributed by atoms with Crippen LogP contribution in [0.15, 0.2) is 48.6 Å². The van der Waals surface area contributed by atoms with Crippen molar-refractivity contribution in [2.75, 3.05) is 18.0 Å². The van der Waals surface area contributed by atoms with Crippen LogP contribution < -0.4 is 20.1 Å². The number of ether oxygens (including phenoxy) is 1. The summed E-state index contributed by atoms with van der Waals surface area (Å²) in [6.45, 7) is 6.59. The molecule has 2 aromatic carbocycles. The highest BCUT2D eigenvalue weighted by Crippen LogP contribution is 2.35. The molecule has 2 aliphatic heterocycles. The SMILES string of the molecule is C[C@@H]1CCN2CCCCc3cc(Cl)ccc3COc3ccc(cc32)C(=O)NS(=O)(=O)[C@H](C)[C@@H](C)C/C=C/[C@@]1(O)CC(N)=O. The zero-order valence-electron chi connectivity index (χ0n) is 25.0. The molecule has 2 amide bonds. The Balaban J connectivity index is 1.78. The van der Waals surface area contributed by atoms with Crippen LogP contribution in [-0.4, -0.2) is 49.3 Å². The van der Waals surface area contributed by atoms with E-state index in [9.17, 15) is 23.1 Å². The van der Waals surface area contributed by atoms with Gasteiger partial charge in [-0.15, -0.1) is 0 Å². The summed E-state index contributed by atoms with van der Waals surface area (Å²) in [6.07, 6.45) is 6.39. The molecule has 4 atom stereocenters. The lowest BCUT2D eigenvalue weighted by Gasteiger charge is -2.34. The number of aliphatic hydroxyl groups is 1. The van der Waals surface area contributed by atoms with E-state index in [1.54, 1.807) is 44.2 Å². The van der Waals surface area contributed by atoms with Gasteiger partial charge in [-0.2, -0.15) is 0 Å². The van der Waals surface area contributed by atoms with Crippen molar-refractivity contribution >= 4 is 39.1 Å². The Hall–Kier alpha value is -3.08. The lowest BCUT2D eigenvalue weighted by Crippen LogP contribution is -2.41. The highest BCUT2D eigenvalue weighted by Gasteiger charge is 2.34. The monoisotopic (exact) mass is 631 g/mol. The molecule has 0 radical (unpaired) electrons. The Morgan fingerprint density at radius 3 is 2.65 bits per heavy atom. The molecule has 0 spiro atoms. The molecular formula is C32H42ClN3O6S. The molecule has 0 unspecified atom stereocenters. The number of carbonyl (C=O) groups is 2. The van der Waals surface area contributed by atoms with E-state index in [0.29, 0.717) is 49.0 Å². The highest BCUT2D eigenvalue weighted by molar-refractivity contribution is 7.90.